The van der Waals surface area contributed by atoms with Gasteiger partial charge in [0.2, 0.25) is 11.8 Å². The van der Waals surface area contributed by atoms with Crippen LogP contribution in [0.4, 0.5) is 0 Å². The molecule has 2 amide bonds. The summed E-state index contributed by atoms with van der Waals surface area (Å²) in [5.74, 6) is 0.503. The van der Waals surface area contributed by atoms with Crippen molar-refractivity contribution in [2.24, 2.45) is 11.8 Å². The van der Waals surface area contributed by atoms with Crippen LogP contribution in [0.5, 0.6) is 0 Å². The monoisotopic (exact) mass is 457 g/mol. The molecule has 2 aliphatic rings. The molecule has 0 aromatic heterocycles. The number of nitrogens with one attached hydrogen (secondary N) is 1. The summed E-state index contributed by atoms with van der Waals surface area (Å²) in [5, 5.41) is 2.69. The number of rotatable bonds is 9. The van der Waals surface area contributed by atoms with Gasteiger partial charge in [0, 0.05) is 44.1 Å². The first-order valence-electron chi connectivity index (χ1n) is 12.5. The normalized spacial score (nSPS) is 28.8. The number of carbonyl (C=O) groups excluding carboxylic acids is 2. The second-order valence-corrected chi connectivity index (χ2v) is 10.3. The van der Waals surface area contributed by atoms with Crippen molar-refractivity contribution < 1.29 is 14.3 Å². The Bertz CT molecular complexity index is 787. The van der Waals surface area contributed by atoms with Gasteiger partial charge in [0.25, 0.3) is 0 Å². The van der Waals surface area contributed by atoms with E-state index in [-0.39, 0.29) is 34.7 Å². The first kappa shape index (κ1) is 25.7. The summed E-state index contributed by atoms with van der Waals surface area (Å²) in [4.78, 5) is 30.1. The highest BCUT2D eigenvalue weighted by Gasteiger charge is 2.52. The van der Waals surface area contributed by atoms with Crippen LogP contribution in [0.15, 0.2) is 30.3 Å². The predicted octanol–water partition coefficient (Wildman–Crippen LogP) is 3.80. The van der Waals surface area contributed by atoms with E-state index in [1.165, 1.54) is 5.56 Å². The van der Waals surface area contributed by atoms with Crippen molar-refractivity contribution >= 4 is 11.8 Å². The maximum absolute atomic E-state index is 13.8. The summed E-state index contributed by atoms with van der Waals surface area (Å²) >= 11 is 0. The highest BCUT2D eigenvalue weighted by atomic mass is 16.5. The van der Waals surface area contributed by atoms with E-state index in [4.69, 9.17) is 4.74 Å². The molecular weight excluding hydrogens is 414 g/mol. The number of ether oxygens (including phenoxy) is 1. The van der Waals surface area contributed by atoms with Crippen LogP contribution in [0, 0.1) is 11.8 Å². The summed E-state index contributed by atoms with van der Waals surface area (Å²) in [6.45, 7) is 3.34. The first-order valence-corrected chi connectivity index (χ1v) is 12.5. The van der Waals surface area contributed by atoms with Crippen molar-refractivity contribution in [3.63, 3.8) is 0 Å². The molecule has 1 saturated heterocycles. The van der Waals surface area contributed by atoms with Crippen LogP contribution in [0.25, 0.3) is 0 Å². The number of hydrogen-bond donors (Lipinski definition) is 1. The molecule has 3 rings (SSSR count). The van der Waals surface area contributed by atoms with E-state index in [0.29, 0.717) is 19.6 Å². The lowest BCUT2D eigenvalue weighted by molar-refractivity contribution is -0.156. The fraction of sp³-hybridized carbons (Fsp3) is 0.704. The molecule has 2 fully saturated rings. The van der Waals surface area contributed by atoms with E-state index < -0.39 is 0 Å². The minimum atomic E-state index is -0.0824. The van der Waals surface area contributed by atoms with Crippen LogP contribution >= 0.6 is 0 Å². The van der Waals surface area contributed by atoms with E-state index in [9.17, 15) is 9.59 Å². The summed E-state index contributed by atoms with van der Waals surface area (Å²) in [6, 6.07) is 10.8. The van der Waals surface area contributed by atoms with Crippen molar-refractivity contribution in [1.82, 2.24) is 15.1 Å². The second kappa shape index (κ2) is 11.0. The van der Waals surface area contributed by atoms with Crippen molar-refractivity contribution in [3.8, 4) is 0 Å². The fourth-order valence-corrected chi connectivity index (χ4v) is 6.25. The van der Waals surface area contributed by atoms with Crippen LogP contribution in [-0.4, -0.2) is 68.6 Å². The molecule has 1 saturated carbocycles. The Morgan fingerprint density at radius 2 is 1.85 bits per heavy atom. The maximum Gasteiger partial charge on any atom is 0.226 e. The Morgan fingerprint density at radius 1 is 1.18 bits per heavy atom. The average Bonchev–Trinajstić information content (AvgIpc) is 2.83. The van der Waals surface area contributed by atoms with Gasteiger partial charge in [-0.3, -0.25) is 14.5 Å². The third-order valence-corrected chi connectivity index (χ3v) is 8.56. The summed E-state index contributed by atoms with van der Waals surface area (Å²) in [7, 11) is 7.74. The van der Waals surface area contributed by atoms with E-state index in [0.717, 1.165) is 44.9 Å². The number of amides is 2. The van der Waals surface area contributed by atoms with Gasteiger partial charge in [0.15, 0.2) is 0 Å². The van der Waals surface area contributed by atoms with E-state index in [1.807, 2.05) is 0 Å². The smallest absolute Gasteiger partial charge is 0.226 e. The average molecular weight is 458 g/mol. The molecule has 0 radical (unpaired) electrons. The Balaban J connectivity index is 1.78. The highest BCUT2D eigenvalue weighted by Crippen LogP contribution is 2.51. The predicted molar refractivity (Wildman–Crippen MR) is 132 cm³/mol. The number of nitrogens with zero attached hydrogens (tertiary/aromatic N) is 2. The zero-order valence-corrected chi connectivity index (χ0v) is 21.2. The van der Waals surface area contributed by atoms with Gasteiger partial charge in [-0.25, -0.2) is 0 Å². The zero-order valence-electron chi connectivity index (χ0n) is 21.2. The quantitative estimate of drug-likeness (QED) is 0.613. The van der Waals surface area contributed by atoms with Gasteiger partial charge in [0.1, 0.15) is 0 Å². The molecule has 1 unspecified atom stereocenters. The van der Waals surface area contributed by atoms with Crippen LogP contribution in [0.2, 0.25) is 0 Å². The number of likely N-dealkylation sites (tertiary alicyclic amines) is 1. The van der Waals surface area contributed by atoms with Crippen molar-refractivity contribution in [1.29, 1.82) is 0 Å². The third-order valence-electron chi connectivity index (χ3n) is 8.56. The first-order chi connectivity index (χ1) is 15.8. The molecule has 6 heteroatoms. The molecule has 1 aromatic carbocycles. The largest absolute Gasteiger partial charge is 0.383 e. The fourth-order valence-electron chi connectivity index (χ4n) is 6.25. The SMILES string of the molecule is CNC(=O)CCC(C)[C@H]1CCC2(CCC(c3ccccc3)(N(C)C)CC2)N(CCOC)C1=O. The maximum atomic E-state index is 13.8. The second-order valence-electron chi connectivity index (χ2n) is 10.3. The van der Waals surface area contributed by atoms with Crippen molar-refractivity contribution in [2.45, 2.75) is 69.4 Å². The van der Waals surface area contributed by atoms with E-state index in [2.05, 4.69) is 66.5 Å². The molecule has 1 aromatic rings. The van der Waals surface area contributed by atoms with Gasteiger partial charge in [-0.05, 0) is 70.5 Å². The number of piperidine rings is 1. The molecule has 1 N–H and O–H groups in total. The summed E-state index contributed by atoms with van der Waals surface area (Å²) < 4.78 is 5.41. The Labute approximate surface area is 200 Å². The lowest BCUT2D eigenvalue weighted by Gasteiger charge is -2.57. The van der Waals surface area contributed by atoms with Gasteiger partial charge >= 0.3 is 0 Å². The lowest BCUT2D eigenvalue weighted by Crippen LogP contribution is -2.62. The molecule has 1 aliphatic heterocycles. The van der Waals surface area contributed by atoms with Crippen molar-refractivity contribution in [2.75, 3.05) is 41.4 Å². The number of methoxy groups -OCH3 is 1. The molecule has 1 aliphatic carbocycles. The molecule has 1 spiro atoms. The van der Waals surface area contributed by atoms with Gasteiger partial charge in [-0.1, -0.05) is 37.3 Å². The Morgan fingerprint density at radius 3 is 2.42 bits per heavy atom. The van der Waals surface area contributed by atoms with E-state index >= 15 is 0 Å². The minimum Gasteiger partial charge on any atom is -0.383 e. The number of carbonyl (C=O) groups is 2. The highest BCUT2D eigenvalue weighted by molar-refractivity contribution is 5.81. The van der Waals surface area contributed by atoms with Crippen molar-refractivity contribution in [3.05, 3.63) is 35.9 Å². The zero-order chi connectivity index (χ0) is 24.1. The molecule has 33 heavy (non-hydrogen) atoms. The van der Waals surface area contributed by atoms with Crippen LogP contribution in [-0.2, 0) is 19.9 Å². The Hall–Kier alpha value is -1.92. The molecule has 184 valence electrons. The molecule has 2 atom stereocenters. The van der Waals surface area contributed by atoms with Gasteiger partial charge < -0.3 is 15.0 Å². The van der Waals surface area contributed by atoms with Crippen LogP contribution in [0.3, 0.4) is 0 Å². The molecule has 1 heterocycles. The minimum absolute atomic E-state index is 0.00760. The number of benzene rings is 1. The summed E-state index contributed by atoms with van der Waals surface area (Å²) in [6.07, 6.45) is 7.28. The van der Waals surface area contributed by atoms with Gasteiger partial charge in [0.05, 0.1) is 6.61 Å². The Kier molecular flexibility index (Phi) is 8.57. The topological polar surface area (TPSA) is 61.9 Å². The van der Waals surface area contributed by atoms with Gasteiger partial charge in [-0.15, -0.1) is 0 Å². The molecular formula is C27H43N3O3. The third kappa shape index (κ3) is 5.27. The van der Waals surface area contributed by atoms with E-state index in [1.54, 1.807) is 14.2 Å². The van der Waals surface area contributed by atoms with Gasteiger partial charge in [-0.2, -0.15) is 0 Å². The lowest BCUT2D eigenvalue weighted by atomic mass is 9.63. The molecule has 0 bridgehead atoms. The summed E-state index contributed by atoms with van der Waals surface area (Å²) in [5.41, 5.74) is 1.30. The van der Waals surface area contributed by atoms with Crippen LogP contribution in [0.1, 0.15) is 63.9 Å². The van der Waals surface area contributed by atoms with Crippen LogP contribution < -0.4 is 5.32 Å². The standard InChI is InChI=1S/C27H43N3O3/c1-21(11-12-24(31)28-2)23-13-14-26(30(25(23)32)19-20-33-5)15-17-27(18-16-26,29(3)4)22-9-7-6-8-10-22/h6-10,21,23H,11-20H2,1-5H3,(H,28,31)/t21?,23-,26?,27?/m1/s1. The number of hydrogen-bond acceptors (Lipinski definition) is 4. The molecule has 6 nitrogen and oxygen atoms in total.